The molecule has 0 radical (unpaired) electrons. The molecule has 3 nitrogen and oxygen atoms in total. The third kappa shape index (κ3) is 3.99. The molecule has 0 aliphatic heterocycles. The van der Waals surface area contributed by atoms with Gasteiger partial charge >= 0.3 is 6.03 Å². The standard InChI is InChI=1S/C16H16BrClN2O/c1-9-6-11(3)15(13(17)7-9)20-16(21)19-12-5-4-10(2)14(18)8-12/h4-8H,1-3H3,(H2,19,20,21). The van der Waals surface area contributed by atoms with Crippen LogP contribution in [0.5, 0.6) is 0 Å². The maximum absolute atomic E-state index is 12.1. The van der Waals surface area contributed by atoms with E-state index < -0.39 is 0 Å². The van der Waals surface area contributed by atoms with Crippen LogP contribution in [0.3, 0.4) is 0 Å². The SMILES string of the molecule is Cc1cc(C)c(NC(=O)Nc2ccc(C)c(Cl)c2)c(Br)c1. The van der Waals surface area contributed by atoms with Crippen molar-refractivity contribution in [1.29, 1.82) is 0 Å². The van der Waals surface area contributed by atoms with Crippen LogP contribution in [0.1, 0.15) is 16.7 Å². The van der Waals surface area contributed by atoms with Crippen LogP contribution in [0.4, 0.5) is 16.2 Å². The highest BCUT2D eigenvalue weighted by molar-refractivity contribution is 9.10. The van der Waals surface area contributed by atoms with Gasteiger partial charge in [0, 0.05) is 15.2 Å². The highest BCUT2D eigenvalue weighted by Gasteiger charge is 2.09. The van der Waals surface area contributed by atoms with Gasteiger partial charge in [0.15, 0.2) is 0 Å². The van der Waals surface area contributed by atoms with Crippen LogP contribution in [-0.4, -0.2) is 6.03 Å². The van der Waals surface area contributed by atoms with Crippen molar-refractivity contribution in [2.24, 2.45) is 0 Å². The van der Waals surface area contributed by atoms with Gasteiger partial charge in [-0.1, -0.05) is 23.7 Å². The molecule has 0 atom stereocenters. The Balaban J connectivity index is 2.13. The Labute approximate surface area is 137 Å². The maximum atomic E-state index is 12.1. The van der Waals surface area contributed by atoms with Crippen LogP contribution in [0, 0.1) is 20.8 Å². The number of hydrogen-bond acceptors (Lipinski definition) is 1. The highest BCUT2D eigenvalue weighted by Crippen LogP contribution is 2.28. The second-order valence-electron chi connectivity index (χ2n) is 4.98. The molecule has 0 bridgehead atoms. The van der Waals surface area contributed by atoms with Crippen molar-refractivity contribution in [1.82, 2.24) is 0 Å². The lowest BCUT2D eigenvalue weighted by Crippen LogP contribution is -2.20. The Morgan fingerprint density at radius 1 is 1.05 bits per heavy atom. The second kappa shape index (κ2) is 6.50. The second-order valence-corrected chi connectivity index (χ2v) is 6.24. The van der Waals surface area contributed by atoms with Crippen LogP contribution >= 0.6 is 27.5 Å². The highest BCUT2D eigenvalue weighted by atomic mass is 79.9. The molecule has 0 fully saturated rings. The maximum Gasteiger partial charge on any atom is 0.323 e. The van der Waals surface area contributed by atoms with E-state index in [1.807, 2.05) is 45.0 Å². The van der Waals surface area contributed by atoms with Gasteiger partial charge in [-0.25, -0.2) is 4.79 Å². The van der Waals surface area contributed by atoms with E-state index in [-0.39, 0.29) is 6.03 Å². The number of anilines is 2. The van der Waals surface area contributed by atoms with Gasteiger partial charge in [0.25, 0.3) is 0 Å². The molecule has 110 valence electrons. The summed E-state index contributed by atoms with van der Waals surface area (Å²) in [6.45, 7) is 5.88. The lowest BCUT2D eigenvalue weighted by molar-refractivity contribution is 0.262. The topological polar surface area (TPSA) is 41.1 Å². The zero-order chi connectivity index (χ0) is 15.6. The van der Waals surface area contributed by atoms with Gasteiger partial charge < -0.3 is 10.6 Å². The molecule has 0 saturated carbocycles. The number of nitrogens with one attached hydrogen (secondary N) is 2. The Bertz CT molecular complexity index is 678. The molecule has 0 aliphatic rings. The van der Waals surface area contributed by atoms with E-state index >= 15 is 0 Å². The molecule has 2 aromatic rings. The number of urea groups is 1. The number of halogens is 2. The van der Waals surface area contributed by atoms with Crippen molar-refractivity contribution < 1.29 is 4.79 Å². The summed E-state index contributed by atoms with van der Waals surface area (Å²) < 4.78 is 0.858. The summed E-state index contributed by atoms with van der Waals surface area (Å²) in [5, 5.41) is 6.25. The summed E-state index contributed by atoms with van der Waals surface area (Å²) >= 11 is 9.52. The first-order valence-corrected chi connectivity index (χ1v) is 7.65. The first-order valence-electron chi connectivity index (χ1n) is 6.47. The van der Waals surface area contributed by atoms with Crippen LogP contribution in [0.2, 0.25) is 5.02 Å². The van der Waals surface area contributed by atoms with E-state index in [0.717, 1.165) is 26.9 Å². The Hall–Kier alpha value is -1.52. The van der Waals surface area contributed by atoms with Crippen molar-refractivity contribution in [2.45, 2.75) is 20.8 Å². The molecule has 0 spiro atoms. The third-order valence-corrected chi connectivity index (χ3v) is 4.13. The average Bonchev–Trinajstić information content (AvgIpc) is 2.38. The number of amides is 2. The molecule has 0 unspecified atom stereocenters. The zero-order valence-corrected chi connectivity index (χ0v) is 14.4. The molecular formula is C16H16BrClN2O. The minimum Gasteiger partial charge on any atom is -0.308 e. The van der Waals surface area contributed by atoms with Crippen molar-refractivity contribution in [3.63, 3.8) is 0 Å². The van der Waals surface area contributed by atoms with Crippen LogP contribution in [0.25, 0.3) is 0 Å². The molecular weight excluding hydrogens is 352 g/mol. The van der Waals surface area contributed by atoms with E-state index in [1.165, 1.54) is 0 Å². The van der Waals surface area contributed by atoms with Crippen LogP contribution in [0.15, 0.2) is 34.8 Å². The van der Waals surface area contributed by atoms with Gasteiger partial charge in [-0.05, 0) is 71.6 Å². The number of rotatable bonds is 2. The zero-order valence-electron chi connectivity index (χ0n) is 12.1. The van der Waals surface area contributed by atoms with Gasteiger partial charge in [-0.15, -0.1) is 0 Å². The summed E-state index contributed by atoms with van der Waals surface area (Å²) in [6, 6.07) is 9.09. The number of aryl methyl sites for hydroxylation is 3. The summed E-state index contributed by atoms with van der Waals surface area (Å²) in [6.07, 6.45) is 0. The Morgan fingerprint density at radius 3 is 2.38 bits per heavy atom. The van der Waals surface area contributed by atoms with Crippen molar-refractivity contribution in [2.75, 3.05) is 10.6 Å². The largest absolute Gasteiger partial charge is 0.323 e. The lowest BCUT2D eigenvalue weighted by Gasteiger charge is -2.13. The molecule has 2 N–H and O–H groups in total. The van der Waals surface area contributed by atoms with Crippen molar-refractivity contribution in [3.8, 4) is 0 Å². The minimum absolute atomic E-state index is 0.303. The fourth-order valence-electron chi connectivity index (χ4n) is 2.02. The number of hydrogen-bond donors (Lipinski definition) is 2. The normalized spacial score (nSPS) is 10.3. The lowest BCUT2D eigenvalue weighted by atomic mass is 10.1. The fraction of sp³-hybridized carbons (Fsp3) is 0.188. The van der Waals surface area contributed by atoms with E-state index in [1.54, 1.807) is 6.07 Å². The van der Waals surface area contributed by atoms with E-state index in [9.17, 15) is 4.79 Å². The van der Waals surface area contributed by atoms with Gasteiger partial charge in [0.2, 0.25) is 0 Å². The van der Waals surface area contributed by atoms with Gasteiger partial charge in [0.1, 0.15) is 0 Å². The summed E-state index contributed by atoms with van der Waals surface area (Å²) in [5.74, 6) is 0. The molecule has 2 rings (SSSR count). The summed E-state index contributed by atoms with van der Waals surface area (Å²) in [7, 11) is 0. The van der Waals surface area contributed by atoms with Gasteiger partial charge in [-0.2, -0.15) is 0 Å². The Kier molecular flexibility index (Phi) is 4.91. The fourth-order valence-corrected chi connectivity index (χ4v) is 2.97. The van der Waals surface area contributed by atoms with Gasteiger partial charge in [-0.3, -0.25) is 0 Å². The first kappa shape index (κ1) is 15.9. The molecule has 0 aromatic heterocycles. The van der Waals surface area contributed by atoms with Crippen LogP contribution in [-0.2, 0) is 0 Å². The van der Waals surface area contributed by atoms with Crippen LogP contribution < -0.4 is 10.6 Å². The first-order chi connectivity index (χ1) is 9.86. The molecule has 2 aromatic carbocycles. The molecule has 2 amide bonds. The van der Waals surface area contributed by atoms with E-state index in [2.05, 4.69) is 26.6 Å². The Morgan fingerprint density at radius 2 is 1.76 bits per heavy atom. The minimum atomic E-state index is -0.303. The molecule has 0 saturated heterocycles. The third-order valence-electron chi connectivity index (χ3n) is 3.10. The quantitative estimate of drug-likeness (QED) is 0.705. The monoisotopic (exact) mass is 366 g/mol. The number of carbonyl (C=O) groups is 1. The number of benzene rings is 2. The van der Waals surface area contributed by atoms with E-state index in [4.69, 9.17) is 11.6 Å². The predicted octanol–water partition coefficient (Wildman–Crippen LogP) is 5.67. The molecule has 21 heavy (non-hydrogen) atoms. The van der Waals surface area contributed by atoms with Crippen molar-refractivity contribution in [3.05, 3.63) is 56.5 Å². The predicted molar refractivity (Wildman–Crippen MR) is 92.4 cm³/mol. The number of carbonyl (C=O) groups excluding carboxylic acids is 1. The van der Waals surface area contributed by atoms with Gasteiger partial charge in [0.05, 0.1) is 5.69 Å². The van der Waals surface area contributed by atoms with Crippen molar-refractivity contribution >= 4 is 44.9 Å². The summed E-state index contributed by atoms with van der Waals surface area (Å²) in [5.41, 5.74) is 4.52. The average molecular weight is 368 g/mol. The molecule has 0 heterocycles. The molecule has 5 heteroatoms. The smallest absolute Gasteiger partial charge is 0.308 e. The van der Waals surface area contributed by atoms with E-state index in [0.29, 0.717) is 10.7 Å². The molecule has 0 aliphatic carbocycles. The summed E-state index contributed by atoms with van der Waals surface area (Å²) in [4.78, 5) is 12.1.